The quantitative estimate of drug-likeness (QED) is 0.791. The summed E-state index contributed by atoms with van der Waals surface area (Å²) in [6, 6.07) is 14.0. The molecule has 1 unspecified atom stereocenters. The third-order valence-electron chi connectivity index (χ3n) is 4.31. The Labute approximate surface area is 129 Å². The lowest BCUT2D eigenvalue weighted by molar-refractivity contribution is -0.117. The van der Waals surface area contributed by atoms with Crippen LogP contribution in [0, 0.1) is 0 Å². The summed E-state index contributed by atoms with van der Waals surface area (Å²) >= 11 is 0. The first kappa shape index (κ1) is 13.0. The van der Waals surface area contributed by atoms with E-state index in [2.05, 4.69) is 34.7 Å². The Morgan fingerprint density at radius 3 is 2.86 bits per heavy atom. The molecule has 1 heterocycles. The lowest BCUT2D eigenvalue weighted by atomic mass is 10.0. The van der Waals surface area contributed by atoms with E-state index in [0.717, 1.165) is 41.3 Å². The number of carbonyl (C=O) groups is 1. The van der Waals surface area contributed by atoms with Crippen LogP contribution in [0.15, 0.2) is 54.9 Å². The molecule has 3 N–H and O–H groups in total. The first-order valence-corrected chi connectivity index (χ1v) is 7.46. The average molecular weight is 291 g/mol. The van der Waals surface area contributed by atoms with Crippen LogP contribution in [0.25, 0.3) is 0 Å². The molecule has 110 valence electrons. The maximum Gasteiger partial charge on any atom is 0.231 e. The Morgan fingerprint density at radius 2 is 1.95 bits per heavy atom. The Morgan fingerprint density at radius 1 is 1.14 bits per heavy atom. The Hall–Kier alpha value is -2.75. The normalized spacial score (nSPS) is 18.2. The van der Waals surface area contributed by atoms with Crippen molar-refractivity contribution >= 4 is 23.0 Å². The van der Waals surface area contributed by atoms with Gasteiger partial charge in [0.05, 0.1) is 17.3 Å². The molecule has 0 radical (unpaired) electrons. The van der Waals surface area contributed by atoms with Crippen LogP contribution in [0.4, 0.5) is 17.1 Å². The van der Waals surface area contributed by atoms with Gasteiger partial charge in [0.1, 0.15) is 5.82 Å². The van der Waals surface area contributed by atoms with Crippen molar-refractivity contribution in [2.45, 2.75) is 18.8 Å². The lowest BCUT2D eigenvalue weighted by Crippen LogP contribution is -2.19. The van der Waals surface area contributed by atoms with Gasteiger partial charge in [-0.15, -0.1) is 0 Å². The number of fused-ring (bicyclic) bond motifs is 2. The highest BCUT2D eigenvalue weighted by atomic mass is 16.1. The summed E-state index contributed by atoms with van der Waals surface area (Å²) in [5, 5.41) is 9.30. The van der Waals surface area contributed by atoms with Crippen LogP contribution in [0.1, 0.15) is 23.5 Å². The molecule has 0 saturated heterocycles. The van der Waals surface area contributed by atoms with Crippen LogP contribution in [0.3, 0.4) is 0 Å². The third kappa shape index (κ3) is 2.13. The SMILES string of the molecule is C=C1Nc2ccc(NC(=O)C3CCc4ccccc43)cc2N1. The summed E-state index contributed by atoms with van der Waals surface area (Å²) in [6.45, 7) is 3.84. The van der Waals surface area contributed by atoms with Crippen LogP contribution >= 0.6 is 0 Å². The van der Waals surface area contributed by atoms with E-state index in [1.54, 1.807) is 0 Å². The Bertz CT molecular complexity index is 782. The van der Waals surface area contributed by atoms with E-state index in [-0.39, 0.29) is 11.8 Å². The molecule has 0 spiro atoms. The van der Waals surface area contributed by atoms with E-state index in [0.29, 0.717) is 0 Å². The number of aryl methyl sites for hydroxylation is 1. The van der Waals surface area contributed by atoms with Gasteiger partial charge in [0.25, 0.3) is 0 Å². The number of amides is 1. The molecule has 4 nitrogen and oxygen atoms in total. The number of nitrogens with one attached hydrogen (secondary N) is 3. The van der Waals surface area contributed by atoms with E-state index >= 15 is 0 Å². The van der Waals surface area contributed by atoms with Gasteiger partial charge in [0.15, 0.2) is 0 Å². The van der Waals surface area contributed by atoms with Gasteiger partial charge < -0.3 is 16.0 Å². The number of hydrogen-bond donors (Lipinski definition) is 3. The molecule has 0 bridgehead atoms. The average Bonchev–Trinajstić information content (AvgIpc) is 3.09. The van der Waals surface area contributed by atoms with E-state index in [1.807, 2.05) is 30.3 Å². The zero-order chi connectivity index (χ0) is 15.1. The highest BCUT2D eigenvalue weighted by Crippen LogP contribution is 2.35. The number of carbonyl (C=O) groups excluding carboxylic acids is 1. The molecule has 2 aliphatic rings. The lowest BCUT2D eigenvalue weighted by Gasteiger charge is -2.13. The van der Waals surface area contributed by atoms with Gasteiger partial charge in [0, 0.05) is 5.69 Å². The minimum atomic E-state index is -0.0505. The predicted octanol–water partition coefficient (Wildman–Crippen LogP) is 3.66. The van der Waals surface area contributed by atoms with Crippen LogP contribution in [-0.2, 0) is 11.2 Å². The molecular weight excluding hydrogens is 274 g/mol. The second kappa shape index (κ2) is 4.91. The summed E-state index contributed by atoms with van der Waals surface area (Å²) in [7, 11) is 0. The van der Waals surface area contributed by atoms with Gasteiger partial charge in [0.2, 0.25) is 5.91 Å². The fraction of sp³-hybridized carbons (Fsp3) is 0.167. The topological polar surface area (TPSA) is 53.2 Å². The van der Waals surface area contributed by atoms with Crippen LogP contribution in [0.5, 0.6) is 0 Å². The third-order valence-corrected chi connectivity index (χ3v) is 4.31. The van der Waals surface area contributed by atoms with Gasteiger partial charge in [-0.3, -0.25) is 4.79 Å². The van der Waals surface area contributed by atoms with Crippen LogP contribution < -0.4 is 16.0 Å². The Balaban J connectivity index is 1.54. The fourth-order valence-corrected chi connectivity index (χ4v) is 3.25. The molecule has 4 heteroatoms. The molecule has 0 aromatic heterocycles. The highest BCUT2D eigenvalue weighted by molar-refractivity contribution is 5.97. The fourth-order valence-electron chi connectivity index (χ4n) is 3.25. The summed E-state index contributed by atoms with van der Waals surface area (Å²) in [5.41, 5.74) is 5.18. The van der Waals surface area contributed by atoms with Crippen LogP contribution in [0.2, 0.25) is 0 Å². The van der Waals surface area contributed by atoms with Gasteiger partial charge in [-0.2, -0.15) is 0 Å². The number of anilines is 3. The molecule has 0 saturated carbocycles. The van der Waals surface area contributed by atoms with Crippen molar-refractivity contribution in [3.05, 3.63) is 66.0 Å². The van der Waals surface area contributed by atoms with E-state index < -0.39 is 0 Å². The second-order valence-electron chi connectivity index (χ2n) is 5.77. The van der Waals surface area contributed by atoms with E-state index in [4.69, 9.17) is 0 Å². The summed E-state index contributed by atoms with van der Waals surface area (Å²) in [5.74, 6) is 0.767. The van der Waals surface area contributed by atoms with Gasteiger partial charge in [-0.25, -0.2) is 0 Å². The van der Waals surface area contributed by atoms with Crippen LogP contribution in [-0.4, -0.2) is 5.91 Å². The number of rotatable bonds is 2. The largest absolute Gasteiger partial charge is 0.341 e. The van der Waals surface area contributed by atoms with E-state index in [9.17, 15) is 4.79 Å². The summed E-state index contributed by atoms with van der Waals surface area (Å²) < 4.78 is 0. The van der Waals surface area contributed by atoms with Gasteiger partial charge in [-0.05, 0) is 42.2 Å². The maximum absolute atomic E-state index is 12.6. The molecule has 1 aliphatic carbocycles. The van der Waals surface area contributed by atoms with Crippen molar-refractivity contribution in [3.63, 3.8) is 0 Å². The smallest absolute Gasteiger partial charge is 0.231 e. The zero-order valence-electron chi connectivity index (χ0n) is 12.1. The van der Waals surface area contributed by atoms with Crippen molar-refractivity contribution in [2.75, 3.05) is 16.0 Å². The van der Waals surface area contributed by atoms with Crippen molar-refractivity contribution in [1.29, 1.82) is 0 Å². The number of benzene rings is 2. The summed E-state index contributed by atoms with van der Waals surface area (Å²) in [4.78, 5) is 12.6. The van der Waals surface area contributed by atoms with Crippen molar-refractivity contribution in [2.24, 2.45) is 0 Å². The van der Waals surface area contributed by atoms with Crippen molar-refractivity contribution < 1.29 is 4.79 Å². The second-order valence-corrected chi connectivity index (χ2v) is 5.77. The molecule has 2 aromatic rings. The monoisotopic (exact) mass is 291 g/mol. The Kier molecular flexibility index (Phi) is 2.89. The molecule has 4 rings (SSSR count). The standard InChI is InChI=1S/C18H17N3O/c1-11-19-16-9-7-13(10-17(16)20-11)21-18(22)15-8-6-12-4-2-3-5-14(12)15/h2-5,7,9-10,15,19-20H,1,6,8H2,(H,21,22). The molecule has 0 fully saturated rings. The van der Waals surface area contributed by atoms with Gasteiger partial charge in [-0.1, -0.05) is 30.8 Å². The predicted molar refractivity (Wildman–Crippen MR) is 89.0 cm³/mol. The minimum Gasteiger partial charge on any atom is -0.341 e. The summed E-state index contributed by atoms with van der Waals surface area (Å²) in [6.07, 6.45) is 1.86. The molecule has 1 amide bonds. The van der Waals surface area contributed by atoms with E-state index in [1.165, 1.54) is 5.56 Å². The van der Waals surface area contributed by atoms with Crippen molar-refractivity contribution in [3.8, 4) is 0 Å². The zero-order valence-corrected chi connectivity index (χ0v) is 12.1. The maximum atomic E-state index is 12.6. The molecule has 2 aromatic carbocycles. The number of hydrogen-bond acceptors (Lipinski definition) is 3. The molecule has 22 heavy (non-hydrogen) atoms. The highest BCUT2D eigenvalue weighted by Gasteiger charge is 2.28. The first-order chi connectivity index (χ1) is 10.7. The molecular formula is C18H17N3O. The first-order valence-electron chi connectivity index (χ1n) is 7.46. The molecule has 1 aliphatic heterocycles. The van der Waals surface area contributed by atoms with Crippen molar-refractivity contribution in [1.82, 2.24) is 0 Å². The molecule has 1 atom stereocenters. The minimum absolute atomic E-state index is 0.0505. The van der Waals surface area contributed by atoms with Gasteiger partial charge >= 0.3 is 0 Å².